The molecule has 1 unspecified atom stereocenters. The number of nitriles is 1. The summed E-state index contributed by atoms with van der Waals surface area (Å²) in [5, 5.41) is 15.5. The van der Waals surface area contributed by atoms with Gasteiger partial charge in [-0.1, -0.05) is 29.8 Å². The van der Waals surface area contributed by atoms with Crippen LogP contribution in [0.15, 0.2) is 60.3 Å². The summed E-state index contributed by atoms with van der Waals surface area (Å²) < 4.78 is 5.11. The van der Waals surface area contributed by atoms with Crippen LogP contribution in [0.1, 0.15) is 18.5 Å². The number of anilines is 1. The minimum absolute atomic E-state index is 0.0275. The summed E-state index contributed by atoms with van der Waals surface area (Å²) in [6, 6.07) is 16.0. The van der Waals surface area contributed by atoms with Gasteiger partial charge in [0.1, 0.15) is 17.4 Å². The molecule has 0 saturated carbocycles. The van der Waals surface area contributed by atoms with Crippen molar-refractivity contribution in [3.63, 3.8) is 0 Å². The molecule has 0 saturated heterocycles. The number of methoxy groups -OCH3 is 1. The number of halogens is 1. The van der Waals surface area contributed by atoms with Crippen LogP contribution in [-0.2, 0) is 4.79 Å². The summed E-state index contributed by atoms with van der Waals surface area (Å²) >= 11 is 5.90. The molecule has 0 spiro atoms. The lowest BCUT2D eigenvalue weighted by Crippen LogP contribution is -2.28. The topological polar surface area (TPSA) is 74.1 Å². The molecule has 5 nitrogen and oxygen atoms in total. The summed E-state index contributed by atoms with van der Waals surface area (Å²) in [5.41, 5.74) is 1.57. The number of nitrogens with one attached hydrogen (secondary N) is 2. The van der Waals surface area contributed by atoms with Crippen molar-refractivity contribution in [1.82, 2.24) is 5.32 Å². The molecule has 2 rings (SSSR count). The second kappa shape index (κ2) is 8.76. The van der Waals surface area contributed by atoms with E-state index in [1.807, 2.05) is 37.3 Å². The highest BCUT2D eigenvalue weighted by molar-refractivity contribution is 6.30. The van der Waals surface area contributed by atoms with Crippen molar-refractivity contribution >= 4 is 23.2 Å². The maximum atomic E-state index is 12.3. The highest BCUT2D eigenvalue weighted by atomic mass is 35.5. The van der Waals surface area contributed by atoms with Crippen LogP contribution in [0.2, 0.25) is 5.02 Å². The third-order valence-corrected chi connectivity index (χ3v) is 3.77. The monoisotopic (exact) mass is 355 g/mol. The minimum atomic E-state index is -0.458. The van der Waals surface area contributed by atoms with Crippen LogP contribution in [-0.4, -0.2) is 13.0 Å². The Balaban J connectivity index is 2.03. The van der Waals surface area contributed by atoms with Gasteiger partial charge in [-0.25, -0.2) is 0 Å². The lowest BCUT2D eigenvalue weighted by Gasteiger charge is -2.14. The molecule has 0 bridgehead atoms. The molecular formula is C19H18ClN3O2. The number of nitrogens with zero attached hydrogens (tertiary/aromatic N) is 1. The lowest BCUT2D eigenvalue weighted by molar-refractivity contribution is -0.117. The Labute approximate surface area is 151 Å². The first-order valence-electron chi connectivity index (χ1n) is 7.60. The number of hydrogen-bond acceptors (Lipinski definition) is 4. The van der Waals surface area contributed by atoms with Gasteiger partial charge in [0, 0.05) is 16.9 Å². The van der Waals surface area contributed by atoms with Gasteiger partial charge in [0.25, 0.3) is 5.91 Å². The Kier molecular flexibility index (Phi) is 6.44. The van der Waals surface area contributed by atoms with Crippen LogP contribution in [0.25, 0.3) is 0 Å². The standard InChI is InChI=1S/C19H18ClN3O2/c1-13(14-6-8-18(25-2)9-7-14)23-19(24)15(11-21)12-22-17-5-3-4-16(20)10-17/h3-10,12-13,22H,1-2H3,(H,23,24)/b15-12-. The zero-order valence-electron chi connectivity index (χ0n) is 13.9. The van der Waals surface area contributed by atoms with Gasteiger partial charge in [-0.05, 0) is 42.8 Å². The zero-order chi connectivity index (χ0) is 18.2. The average Bonchev–Trinajstić information content (AvgIpc) is 2.62. The fraction of sp³-hybridized carbons (Fsp3) is 0.158. The molecule has 0 aliphatic heterocycles. The lowest BCUT2D eigenvalue weighted by atomic mass is 10.1. The molecule has 128 valence electrons. The van der Waals surface area contributed by atoms with E-state index >= 15 is 0 Å². The quantitative estimate of drug-likeness (QED) is 0.605. The van der Waals surface area contributed by atoms with Crippen LogP contribution >= 0.6 is 11.6 Å². The molecule has 6 heteroatoms. The largest absolute Gasteiger partial charge is 0.497 e. The SMILES string of the molecule is COc1ccc(C(C)NC(=O)/C(C#N)=C\Nc2cccc(Cl)c2)cc1. The van der Waals surface area contributed by atoms with Crippen molar-refractivity contribution in [2.24, 2.45) is 0 Å². The summed E-state index contributed by atoms with van der Waals surface area (Å²) in [4.78, 5) is 12.3. The van der Waals surface area contributed by atoms with E-state index in [9.17, 15) is 10.1 Å². The Hall–Kier alpha value is -2.97. The molecule has 2 N–H and O–H groups in total. The average molecular weight is 356 g/mol. The van der Waals surface area contributed by atoms with Crippen LogP contribution in [0.4, 0.5) is 5.69 Å². The van der Waals surface area contributed by atoms with E-state index in [4.69, 9.17) is 16.3 Å². The Morgan fingerprint density at radius 2 is 2.00 bits per heavy atom. The van der Waals surface area contributed by atoms with Gasteiger partial charge in [-0.15, -0.1) is 0 Å². The number of benzene rings is 2. The van der Waals surface area contributed by atoms with E-state index < -0.39 is 5.91 Å². The molecule has 25 heavy (non-hydrogen) atoms. The van der Waals surface area contributed by atoms with E-state index in [2.05, 4.69) is 10.6 Å². The van der Waals surface area contributed by atoms with Crippen LogP contribution in [0, 0.1) is 11.3 Å². The normalized spacial score (nSPS) is 12.0. The third kappa shape index (κ3) is 5.27. The smallest absolute Gasteiger partial charge is 0.263 e. The van der Waals surface area contributed by atoms with Crippen molar-refractivity contribution < 1.29 is 9.53 Å². The number of amides is 1. The van der Waals surface area contributed by atoms with E-state index in [0.717, 1.165) is 11.3 Å². The van der Waals surface area contributed by atoms with E-state index in [1.54, 1.807) is 31.4 Å². The van der Waals surface area contributed by atoms with E-state index in [1.165, 1.54) is 6.20 Å². The molecule has 2 aromatic rings. The molecule has 0 heterocycles. The Bertz CT molecular complexity index is 810. The van der Waals surface area contributed by atoms with Gasteiger partial charge in [-0.2, -0.15) is 5.26 Å². The van der Waals surface area contributed by atoms with E-state index in [0.29, 0.717) is 10.7 Å². The van der Waals surface area contributed by atoms with Crippen molar-refractivity contribution in [1.29, 1.82) is 5.26 Å². The number of hydrogen-bond donors (Lipinski definition) is 2. The molecule has 0 radical (unpaired) electrons. The molecule has 1 atom stereocenters. The molecule has 0 aliphatic rings. The highest BCUT2D eigenvalue weighted by Gasteiger charge is 2.13. The predicted octanol–water partition coefficient (Wildman–Crippen LogP) is 4.05. The molecular weight excluding hydrogens is 338 g/mol. The summed E-state index contributed by atoms with van der Waals surface area (Å²) in [6.07, 6.45) is 1.36. The number of carbonyl (C=O) groups excluding carboxylic acids is 1. The summed E-state index contributed by atoms with van der Waals surface area (Å²) in [7, 11) is 1.59. The van der Waals surface area contributed by atoms with Gasteiger partial charge in [0.15, 0.2) is 0 Å². The number of ether oxygens (including phenoxy) is 1. The van der Waals surface area contributed by atoms with Gasteiger partial charge in [-0.3, -0.25) is 4.79 Å². The molecule has 0 fully saturated rings. The second-order valence-electron chi connectivity index (χ2n) is 5.29. The van der Waals surface area contributed by atoms with Crippen LogP contribution < -0.4 is 15.4 Å². The van der Waals surface area contributed by atoms with Gasteiger partial charge < -0.3 is 15.4 Å². The van der Waals surface area contributed by atoms with Gasteiger partial charge in [0.05, 0.1) is 13.2 Å². The predicted molar refractivity (Wildman–Crippen MR) is 98.3 cm³/mol. The molecule has 1 amide bonds. The Morgan fingerprint density at radius 1 is 1.28 bits per heavy atom. The first-order valence-corrected chi connectivity index (χ1v) is 7.98. The first-order chi connectivity index (χ1) is 12.0. The highest BCUT2D eigenvalue weighted by Crippen LogP contribution is 2.18. The molecule has 0 aliphatic carbocycles. The summed E-state index contributed by atoms with van der Waals surface area (Å²) in [6.45, 7) is 1.85. The van der Waals surface area contributed by atoms with Crippen molar-refractivity contribution in [3.05, 3.63) is 70.9 Å². The fourth-order valence-electron chi connectivity index (χ4n) is 2.13. The first kappa shape index (κ1) is 18.4. The second-order valence-corrected chi connectivity index (χ2v) is 5.73. The van der Waals surface area contributed by atoms with Crippen molar-refractivity contribution in [2.45, 2.75) is 13.0 Å². The molecule has 2 aromatic carbocycles. The van der Waals surface area contributed by atoms with Crippen molar-refractivity contribution in [3.8, 4) is 11.8 Å². The third-order valence-electron chi connectivity index (χ3n) is 3.54. The minimum Gasteiger partial charge on any atom is -0.497 e. The van der Waals surface area contributed by atoms with Crippen molar-refractivity contribution in [2.75, 3.05) is 12.4 Å². The Morgan fingerprint density at radius 3 is 2.60 bits per heavy atom. The number of carbonyl (C=O) groups is 1. The zero-order valence-corrected chi connectivity index (χ0v) is 14.7. The molecule has 0 aromatic heterocycles. The van der Waals surface area contributed by atoms with Crippen LogP contribution in [0.5, 0.6) is 5.75 Å². The maximum Gasteiger partial charge on any atom is 0.263 e. The van der Waals surface area contributed by atoms with Gasteiger partial charge in [0.2, 0.25) is 0 Å². The fourth-order valence-corrected chi connectivity index (χ4v) is 2.32. The summed E-state index contributed by atoms with van der Waals surface area (Å²) in [5.74, 6) is 0.283. The maximum absolute atomic E-state index is 12.3. The number of rotatable bonds is 6. The van der Waals surface area contributed by atoms with E-state index in [-0.39, 0.29) is 11.6 Å². The van der Waals surface area contributed by atoms with Gasteiger partial charge >= 0.3 is 0 Å². The van der Waals surface area contributed by atoms with Crippen LogP contribution in [0.3, 0.4) is 0 Å².